The maximum Gasteiger partial charge on any atom is 0.326 e. The van der Waals surface area contributed by atoms with Crippen LogP contribution in [-0.4, -0.2) is 44.4 Å². The molecule has 1 aromatic carbocycles. The predicted molar refractivity (Wildman–Crippen MR) is 88.9 cm³/mol. The van der Waals surface area contributed by atoms with Crippen LogP contribution in [0.5, 0.6) is 17.2 Å². The van der Waals surface area contributed by atoms with Gasteiger partial charge in [0.15, 0.2) is 11.5 Å². The lowest BCUT2D eigenvalue weighted by molar-refractivity contribution is -0.142. The molecule has 0 aromatic heterocycles. The molecule has 0 radical (unpaired) electrons. The van der Waals surface area contributed by atoms with Crippen molar-refractivity contribution in [2.24, 2.45) is 0 Å². The van der Waals surface area contributed by atoms with E-state index in [0.717, 1.165) is 12.8 Å². The first-order chi connectivity index (χ1) is 11.5. The van der Waals surface area contributed by atoms with Crippen molar-refractivity contribution in [3.05, 3.63) is 17.7 Å². The molecule has 0 heterocycles. The first-order valence-corrected chi connectivity index (χ1v) is 7.77. The van der Waals surface area contributed by atoms with Gasteiger partial charge < -0.3 is 24.6 Å². The molecule has 0 saturated carbocycles. The lowest BCUT2D eigenvalue weighted by Gasteiger charge is -2.16. The molecule has 2 N–H and O–H groups in total. The SMILES string of the molecule is CCCCC(NC(=O)Cc1cc(OC)c(OC)c(OC)c1)C(=O)O. The number of carboxylic acids is 1. The summed E-state index contributed by atoms with van der Waals surface area (Å²) in [6, 6.07) is 2.46. The number of ether oxygens (including phenoxy) is 3. The third-order valence-electron chi connectivity index (χ3n) is 3.57. The summed E-state index contributed by atoms with van der Waals surface area (Å²) in [5.74, 6) is -0.0641. The van der Waals surface area contributed by atoms with E-state index in [1.165, 1.54) is 21.3 Å². The second-order valence-electron chi connectivity index (χ2n) is 5.31. The van der Waals surface area contributed by atoms with Crippen molar-refractivity contribution in [2.75, 3.05) is 21.3 Å². The van der Waals surface area contributed by atoms with Gasteiger partial charge in [-0.2, -0.15) is 0 Å². The molecule has 0 saturated heterocycles. The van der Waals surface area contributed by atoms with Crippen LogP contribution in [0.3, 0.4) is 0 Å². The minimum atomic E-state index is -1.03. The van der Waals surface area contributed by atoms with E-state index < -0.39 is 12.0 Å². The molecule has 134 valence electrons. The second kappa shape index (κ2) is 9.64. The Morgan fingerprint density at radius 1 is 1.12 bits per heavy atom. The molecule has 1 rings (SSSR count). The summed E-state index contributed by atoms with van der Waals surface area (Å²) < 4.78 is 15.7. The van der Waals surface area contributed by atoms with Crippen LogP contribution in [0.2, 0.25) is 0 Å². The number of aliphatic carboxylic acids is 1. The molecular weight excluding hydrogens is 314 g/mol. The van der Waals surface area contributed by atoms with Crippen LogP contribution in [0.25, 0.3) is 0 Å². The molecule has 0 aliphatic heterocycles. The normalized spacial score (nSPS) is 11.5. The molecule has 1 amide bonds. The Morgan fingerprint density at radius 3 is 2.12 bits per heavy atom. The third kappa shape index (κ3) is 5.33. The minimum absolute atomic E-state index is 0.0205. The highest BCUT2D eigenvalue weighted by Crippen LogP contribution is 2.38. The highest BCUT2D eigenvalue weighted by molar-refractivity contribution is 5.85. The summed E-state index contributed by atoms with van der Waals surface area (Å²) in [5, 5.41) is 11.7. The number of benzene rings is 1. The van der Waals surface area contributed by atoms with E-state index in [0.29, 0.717) is 29.2 Å². The molecule has 0 aliphatic rings. The molecule has 24 heavy (non-hydrogen) atoms. The van der Waals surface area contributed by atoms with Crippen LogP contribution < -0.4 is 19.5 Å². The average Bonchev–Trinajstić information content (AvgIpc) is 2.57. The molecule has 1 aromatic rings. The van der Waals surface area contributed by atoms with Crippen molar-refractivity contribution in [3.8, 4) is 17.2 Å². The Kier molecular flexibility index (Phi) is 7.88. The molecule has 1 unspecified atom stereocenters. The van der Waals surface area contributed by atoms with E-state index in [1.807, 2.05) is 6.92 Å². The first-order valence-electron chi connectivity index (χ1n) is 7.77. The Hall–Kier alpha value is -2.44. The Labute approximate surface area is 141 Å². The minimum Gasteiger partial charge on any atom is -0.493 e. The lowest BCUT2D eigenvalue weighted by atomic mass is 10.1. The van der Waals surface area contributed by atoms with Crippen LogP contribution in [0.4, 0.5) is 0 Å². The number of hydrogen-bond acceptors (Lipinski definition) is 5. The number of rotatable bonds is 10. The summed E-state index contributed by atoms with van der Waals surface area (Å²) in [6.45, 7) is 1.97. The van der Waals surface area contributed by atoms with Gasteiger partial charge in [0.25, 0.3) is 0 Å². The van der Waals surface area contributed by atoms with Crippen LogP contribution >= 0.6 is 0 Å². The van der Waals surface area contributed by atoms with Gasteiger partial charge >= 0.3 is 5.97 Å². The van der Waals surface area contributed by atoms with Crippen LogP contribution in [-0.2, 0) is 16.0 Å². The molecule has 7 heteroatoms. The molecule has 0 spiro atoms. The van der Waals surface area contributed by atoms with E-state index in [1.54, 1.807) is 12.1 Å². The van der Waals surface area contributed by atoms with Crippen molar-refractivity contribution >= 4 is 11.9 Å². The highest BCUT2D eigenvalue weighted by atomic mass is 16.5. The lowest BCUT2D eigenvalue weighted by Crippen LogP contribution is -2.41. The zero-order chi connectivity index (χ0) is 18.1. The zero-order valence-corrected chi connectivity index (χ0v) is 14.5. The van der Waals surface area contributed by atoms with Gasteiger partial charge in [-0.05, 0) is 24.1 Å². The molecule has 0 fully saturated rings. The standard InChI is InChI=1S/C17H25NO6/c1-5-6-7-12(17(20)21)18-15(19)10-11-8-13(22-2)16(24-4)14(9-11)23-3/h8-9,12H,5-7,10H2,1-4H3,(H,18,19)(H,20,21). The van der Waals surface area contributed by atoms with Crippen molar-refractivity contribution in [1.82, 2.24) is 5.32 Å². The summed E-state index contributed by atoms with van der Waals surface area (Å²) in [5.41, 5.74) is 0.640. The molecule has 7 nitrogen and oxygen atoms in total. The third-order valence-corrected chi connectivity index (χ3v) is 3.57. The average molecular weight is 339 g/mol. The van der Waals surface area contributed by atoms with Crippen LogP contribution in [0, 0.1) is 0 Å². The Balaban J connectivity index is 2.87. The number of amides is 1. The number of carboxylic acid groups (broad SMARTS) is 1. The number of methoxy groups -OCH3 is 3. The molecule has 1 atom stereocenters. The molecule has 0 bridgehead atoms. The molecule has 0 aliphatic carbocycles. The number of hydrogen-bond donors (Lipinski definition) is 2. The number of unbranched alkanes of at least 4 members (excludes halogenated alkanes) is 1. The Morgan fingerprint density at radius 2 is 1.71 bits per heavy atom. The number of carbonyl (C=O) groups is 2. The van der Waals surface area contributed by atoms with E-state index in [9.17, 15) is 14.7 Å². The molecular formula is C17H25NO6. The predicted octanol–water partition coefficient (Wildman–Crippen LogP) is 2.01. The van der Waals surface area contributed by atoms with E-state index in [4.69, 9.17) is 14.2 Å². The van der Waals surface area contributed by atoms with Gasteiger partial charge in [0.05, 0.1) is 27.8 Å². The monoisotopic (exact) mass is 339 g/mol. The highest BCUT2D eigenvalue weighted by Gasteiger charge is 2.20. The van der Waals surface area contributed by atoms with Gasteiger partial charge in [-0.1, -0.05) is 19.8 Å². The van der Waals surface area contributed by atoms with Gasteiger partial charge in [0.2, 0.25) is 11.7 Å². The van der Waals surface area contributed by atoms with Gasteiger partial charge in [0, 0.05) is 0 Å². The fraction of sp³-hybridized carbons (Fsp3) is 0.529. The topological polar surface area (TPSA) is 94.1 Å². The maximum atomic E-state index is 12.2. The van der Waals surface area contributed by atoms with Gasteiger partial charge in [-0.25, -0.2) is 4.79 Å². The largest absolute Gasteiger partial charge is 0.493 e. The summed E-state index contributed by atoms with van der Waals surface area (Å²) in [7, 11) is 4.48. The Bertz CT molecular complexity index is 547. The summed E-state index contributed by atoms with van der Waals surface area (Å²) in [4.78, 5) is 23.4. The van der Waals surface area contributed by atoms with Crippen molar-refractivity contribution in [2.45, 2.75) is 38.6 Å². The van der Waals surface area contributed by atoms with E-state index in [-0.39, 0.29) is 12.3 Å². The summed E-state index contributed by atoms with van der Waals surface area (Å²) in [6.07, 6.45) is 2.04. The number of carbonyl (C=O) groups excluding carboxylic acids is 1. The maximum absolute atomic E-state index is 12.2. The number of nitrogens with one attached hydrogen (secondary N) is 1. The fourth-order valence-corrected chi connectivity index (χ4v) is 2.33. The zero-order valence-electron chi connectivity index (χ0n) is 14.5. The van der Waals surface area contributed by atoms with E-state index in [2.05, 4.69) is 5.32 Å². The quantitative estimate of drug-likeness (QED) is 0.677. The van der Waals surface area contributed by atoms with Gasteiger partial charge in [-0.15, -0.1) is 0 Å². The van der Waals surface area contributed by atoms with Crippen molar-refractivity contribution in [1.29, 1.82) is 0 Å². The van der Waals surface area contributed by atoms with Crippen LogP contribution in [0.15, 0.2) is 12.1 Å². The van der Waals surface area contributed by atoms with Gasteiger partial charge in [-0.3, -0.25) is 4.79 Å². The van der Waals surface area contributed by atoms with Crippen LogP contribution in [0.1, 0.15) is 31.7 Å². The fourth-order valence-electron chi connectivity index (χ4n) is 2.33. The summed E-state index contributed by atoms with van der Waals surface area (Å²) >= 11 is 0. The van der Waals surface area contributed by atoms with Gasteiger partial charge in [0.1, 0.15) is 6.04 Å². The van der Waals surface area contributed by atoms with E-state index >= 15 is 0 Å². The smallest absolute Gasteiger partial charge is 0.326 e. The van der Waals surface area contributed by atoms with Crippen molar-refractivity contribution < 1.29 is 28.9 Å². The second-order valence-corrected chi connectivity index (χ2v) is 5.31. The first kappa shape index (κ1) is 19.6. The van der Waals surface area contributed by atoms with Crippen molar-refractivity contribution in [3.63, 3.8) is 0 Å².